The van der Waals surface area contributed by atoms with Gasteiger partial charge in [-0.15, -0.1) is 0 Å². The fourth-order valence-corrected chi connectivity index (χ4v) is 3.59. The molecule has 4 nitrogen and oxygen atoms in total. The summed E-state index contributed by atoms with van der Waals surface area (Å²) in [6.07, 6.45) is 2.22. The molecule has 2 unspecified atom stereocenters. The minimum Gasteiger partial charge on any atom is -0.392 e. The van der Waals surface area contributed by atoms with Gasteiger partial charge >= 0.3 is 0 Å². The second-order valence-corrected chi connectivity index (χ2v) is 7.02. The first-order valence-corrected chi connectivity index (χ1v) is 8.82. The maximum absolute atomic E-state index is 13.7. The van der Waals surface area contributed by atoms with Crippen molar-refractivity contribution in [1.82, 2.24) is 0 Å². The monoisotopic (exact) mass is 377 g/mol. The molecule has 1 saturated carbocycles. The van der Waals surface area contributed by atoms with Gasteiger partial charge in [0, 0.05) is 11.5 Å². The van der Waals surface area contributed by atoms with Crippen LogP contribution >= 0.6 is 0 Å². The average Bonchev–Trinajstić information content (AvgIpc) is 2.99. The Hall–Kier alpha value is -2.54. The predicted octanol–water partition coefficient (Wildman–Crippen LogP) is 3.60. The van der Waals surface area contributed by atoms with Gasteiger partial charge in [-0.2, -0.15) is 0 Å². The van der Waals surface area contributed by atoms with Crippen LogP contribution in [0.1, 0.15) is 24.8 Å². The van der Waals surface area contributed by atoms with E-state index in [0.717, 1.165) is 36.6 Å². The molecule has 2 aromatic rings. The molecule has 0 heterocycles. The Morgan fingerprint density at radius 3 is 2.52 bits per heavy atom. The third-order valence-electron chi connectivity index (χ3n) is 5.08. The van der Waals surface area contributed by atoms with E-state index in [1.165, 1.54) is 12.1 Å². The summed E-state index contributed by atoms with van der Waals surface area (Å²) in [7, 11) is 0. The molecule has 7 heteroatoms. The number of nitrogens with one attached hydrogen (secondary N) is 1. The Morgan fingerprint density at radius 1 is 1.15 bits per heavy atom. The van der Waals surface area contributed by atoms with Gasteiger partial charge in [0.2, 0.25) is 0 Å². The number of halogens is 3. The van der Waals surface area contributed by atoms with E-state index in [0.29, 0.717) is 12.8 Å². The molecule has 1 fully saturated rings. The van der Waals surface area contributed by atoms with Crippen molar-refractivity contribution >= 4 is 11.6 Å². The Bertz CT molecular complexity index is 826. The van der Waals surface area contributed by atoms with Crippen molar-refractivity contribution in [1.29, 1.82) is 0 Å². The van der Waals surface area contributed by atoms with Crippen LogP contribution in [0.25, 0.3) is 0 Å². The fourth-order valence-electron chi connectivity index (χ4n) is 3.59. The summed E-state index contributed by atoms with van der Waals surface area (Å²) < 4.78 is 40.1. The molecule has 0 radical (unpaired) electrons. The zero-order valence-electron chi connectivity index (χ0n) is 14.8. The van der Waals surface area contributed by atoms with Crippen molar-refractivity contribution in [2.24, 2.45) is 16.1 Å². The zero-order chi connectivity index (χ0) is 19.4. The SMILES string of the molecule is NC(=NCC1(Cc2ccc(F)cc2)CCCC1O)Nc1cc(F)ccc1F. The topological polar surface area (TPSA) is 70.6 Å². The van der Waals surface area contributed by atoms with E-state index in [4.69, 9.17) is 5.73 Å². The number of anilines is 1. The lowest BCUT2D eigenvalue weighted by Crippen LogP contribution is -2.37. The minimum atomic E-state index is -0.642. The van der Waals surface area contributed by atoms with Crippen molar-refractivity contribution < 1.29 is 18.3 Å². The summed E-state index contributed by atoms with van der Waals surface area (Å²) in [5.74, 6) is -1.61. The van der Waals surface area contributed by atoms with Gasteiger partial charge in [-0.3, -0.25) is 4.99 Å². The van der Waals surface area contributed by atoms with Crippen molar-refractivity contribution in [2.75, 3.05) is 11.9 Å². The number of aliphatic hydroxyl groups excluding tert-OH is 1. The molecular formula is C20H22F3N3O. The molecule has 3 rings (SSSR count). The van der Waals surface area contributed by atoms with E-state index in [1.54, 1.807) is 12.1 Å². The summed E-state index contributed by atoms with van der Waals surface area (Å²) in [6.45, 7) is 0.224. The molecule has 144 valence electrons. The predicted molar refractivity (Wildman–Crippen MR) is 98.9 cm³/mol. The molecule has 0 aliphatic heterocycles. The summed E-state index contributed by atoms with van der Waals surface area (Å²) >= 11 is 0. The zero-order valence-corrected chi connectivity index (χ0v) is 14.8. The molecule has 0 bridgehead atoms. The summed E-state index contributed by atoms with van der Waals surface area (Å²) in [4.78, 5) is 4.27. The van der Waals surface area contributed by atoms with E-state index in [-0.39, 0.29) is 24.0 Å². The number of guanidine groups is 1. The van der Waals surface area contributed by atoms with E-state index < -0.39 is 23.2 Å². The van der Waals surface area contributed by atoms with Gasteiger partial charge in [0.05, 0.1) is 18.3 Å². The van der Waals surface area contributed by atoms with Crippen molar-refractivity contribution in [3.8, 4) is 0 Å². The highest BCUT2D eigenvalue weighted by molar-refractivity contribution is 5.92. The number of nitrogens with two attached hydrogens (primary N) is 1. The van der Waals surface area contributed by atoms with Crippen LogP contribution < -0.4 is 11.1 Å². The highest BCUT2D eigenvalue weighted by atomic mass is 19.1. The highest BCUT2D eigenvalue weighted by Gasteiger charge is 2.42. The van der Waals surface area contributed by atoms with Crippen molar-refractivity contribution in [2.45, 2.75) is 31.8 Å². The Kier molecular flexibility index (Phi) is 5.70. The number of aliphatic hydroxyl groups is 1. The number of aliphatic imine (C=N–C) groups is 1. The van der Waals surface area contributed by atoms with Gasteiger partial charge in [0.15, 0.2) is 5.96 Å². The van der Waals surface area contributed by atoms with Crippen LogP contribution in [0, 0.1) is 22.9 Å². The number of rotatable bonds is 5. The average molecular weight is 377 g/mol. The van der Waals surface area contributed by atoms with Gasteiger partial charge in [0.25, 0.3) is 0 Å². The molecule has 0 amide bonds. The molecule has 0 saturated heterocycles. The second kappa shape index (κ2) is 8.00. The molecule has 2 aromatic carbocycles. The molecule has 27 heavy (non-hydrogen) atoms. The number of benzene rings is 2. The molecule has 4 N–H and O–H groups in total. The van der Waals surface area contributed by atoms with Crippen LogP contribution in [0.2, 0.25) is 0 Å². The highest BCUT2D eigenvalue weighted by Crippen LogP contribution is 2.41. The molecule has 0 aromatic heterocycles. The quantitative estimate of drug-likeness (QED) is 0.551. The molecular weight excluding hydrogens is 355 g/mol. The van der Waals surface area contributed by atoms with Crippen molar-refractivity contribution in [3.63, 3.8) is 0 Å². The van der Waals surface area contributed by atoms with Crippen molar-refractivity contribution in [3.05, 3.63) is 65.5 Å². The lowest BCUT2D eigenvalue weighted by atomic mass is 9.78. The lowest BCUT2D eigenvalue weighted by Gasteiger charge is -2.31. The first-order chi connectivity index (χ1) is 12.9. The van der Waals surface area contributed by atoms with Crippen LogP contribution in [0.4, 0.5) is 18.9 Å². The van der Waals surface area contributed by atoms with Gasteiger partial charge in [-0.1, -0.05) is 18.6 Å². The van der Waals surface area contributed by atoms with E-state index >= 15 is 0 Å². The van der Waals surface area contributed by atoms with Gasteiger partial charge < -0.3 is 16.2 Å². The third-order valence-corrected chi connectivity index (χ3v) is 5.08. The molecule has 0 spiro atoms. The molecule has 2 atom stereocenters. The number of hydrogen-bond acceptors (Lipinski definition) is 2. The Morgan fingerprint density at radius 2 is 1.85 bits per heavy atom. The normalized spacial score (nSPS) is 22.8. The minimum absolute atomic E-state index is 0.0583. The maximum atomic E-state index is 13.7. The van der Waals surface area contributed by atoms with E-state index in [9.17, 15) is 18.3 Å². The Balaban J connectivity index is 1.75. The summed E-state index contributed by atoms with van der Waals surface area (Å²) in [6, 6.07) is 9.16. The molecule has 1 aliphatic carbocycles. The number of hydrogen-bond donors (Lipinski definition) is 3. The standard InChI is InChI=1S/C20H22F3N3O/c21-14-5-3-13(4-6-14)11-20(9-1-2-18(20)27)12-25-19(24)26-17-10-15(22)7-8-16(17)23/h3-8,10,18,27H,1-2,9,11-12H2,(H3,24,25,26). The number of nitrogens with zero attached hydrogens (tertiary/aromatic N) is 1. The lowest BCUT2D eigenvalue weighted by molar-refractivity contribution is 0.0592. The van der Waals surface area contributed by atoms with E-state index in [1.807, 2.05) is 0 Å². The summed E-state index contributed by atoms with van der Waals surface area (Å²) in [5, 5.41) is 13.1. The largest absolute Gasteiger partial charge is 0.392 e. The van der Waals surface area contributed by atoms with Crippen LogP contribution in [-0.4, -0.2) is 23.7 Å². The van der Waals surface area contributed by atoms with Crippen LogP contribution in [0.15, 0.2) is 47.5 Å². The first kappa shape index (κ1) is 19.2. The fraction of sp³-hybridized carbons (Fsp3) is 0.350. The van der Waals surface area contributed by atoms with E-state index in [2.05, 4.69) is 10.3 Å². The Labute approximate surface area is 155 Å². The third kappa shape index (κ3) is 4.60. The van der Waals surface area contributed by atoms with Gasteiger partial charge in [-0.05, 0) is 49.1 Å². The van der Waals surface area contributed by atoms with Crippen LogP contribution in [-0.2, 0) is 6.42 Å². The van der Waals surface area contributed by atoms with Gasteiger partial charge in [-0.25, -0.2) is 13.2 Å². The maximum Gasteiger partial charge on any atom is 0.193 e. The van der Waals surface area contributed by atoms with Crippen LogP contribution in [0.5, 0.6) is 0 Å². The second-order valence-electron chi connectivity index (χ2n) is 7.02. The summed E-state index contributed by atoms with van der Waals surface area (Å²) in [5.41, 5.74) is 6.11. The van der Waals surface area contributed by atoms with Crippen LogP contribution in [0.3, 0.4) is 0 Å². The molecule has 1 aliphatic rings. The first-order valence-electron chi connectivity index (χ1n) is 8.82. The van der Waals surface area contributed by atoms with Gasteiger partial charge in [0.1, 0.15) is 17.5 Å². The smallest absolute Gasteiger partial charge is 0.193 e.